The molecule has 4 amide bonds. The summed E-state index contributed by atoms with van der Waals surface area (Å²) in [6.07, 6.45) is 33.4. The van der Waals surface area contributed by atoms with Gasteiger partial charge in [0.1, 0.15) is 12.0 Å². The molecule has 19 rings (SSSR count). The molecule has 14 aliphatic heterocycles. The number of nitrogens with zero attached hydrogens (tertiary/aromatic N) is 28. The van der Waals surface area contributed by atoms with Crippen molar-refractivity contribution in [2.45, 2.75) is 227 Å². The van der Waals surface area contributed by atoms with Gasteiger partial charge in [0, 0.05) is 94.8 Å². The van der Waals surface area contributed by atoms with Crippen LogP contribution in [0.25, 0.3) is 0 Å². The number of aromatic amines is 2. The number of tetrazole rings is 3. The monoisotopic (exact) mass is 1590 g/mol. The maximum absolute atomic E-state index is 11.7. The minimum Gasteiger partial charge on any atom is -0.364 e. The second-order valence-electron chi connectivity index (χ2n) is 35.5. The SMILES string of the molecule is CN1CCC(N2CCCC2c2ccn[nH]2)CC1.CN1CCC(N2CCCC2c2ccon2)CC1.CN1CCC(N2CCCC2c2nn[nH]n2)CC1.CN1CCC(N2CCCC2c2nnn(C)n2)CC1.CN1CCC(N2CCCC2c2nnnn2C)CC1.CN1CCC(N2CCN(C)C2=O)CC1.CN1CCC(N2CCNC2=O)CC1. The van der Waals surface area contributed by atoms with Gasteiger partial charge in [-0.2, -0.15) is 15.1 Å². The minimum atomic E-state index is 0.134. The van der Waals surface area contributed by atoms with Crippen LogP contribution in [0.15, 0.2) is 29.1 Å². The van der Waals surface area contributed by atoms with Gasteiger partial charge in [-0.1, -0.05) is 10.4 Å². The van der Waals surface area contributed by atoms with Gasteiger partial charge in [-0.15, -0.1) is 25.5 Å². The number of hydrogen-bond acceptors (Lipinski definition) is 26. The van der Waals surface area contributed by atoms with E-state index in [1.165, 1.54) is 232 Å². The average Bonchev–Trinajstić information content (AvgIpc) is 1.63. The van der Waals surface area contributed by atoms with Gasteiger partial charge < -0.3 is 58.8 Å². The number of aromatic nitrogens is 15. The highest BCUT2D eigenvalue weighted by Crippen LogP contribution is 2.40. The van der Waals surface area contributed by atoms with Crippen LogP contribution < -0.4 is 5.32 Å². The summed E-state index contributed by atoms with van der Waals surface area (Å²) >= 11 is 0. The van der Waals surface area contributed by atoms with Crippen molar-refractivity contribution in [2.75, 3.05) is 207 Å². The molecule has 0 saturated carbocycles. The Bertz CT molecular complexity index is 3340. The Labute approximate surface area is 679 Å². The lowest BCUT2D eigenvalue weighted by atomic mass is 10.0. The molecule has 34 nitrogen and oxygen atoms in total. The van der Waals surface area contributed by atoms with Crippen molar-refractivity contribution in [2.24, 2.45) is 14.1 Å². The summed E-state index contributed by atoms with van der Waals surface area (Å²) < 4.78 is 6.83. The Morgan fingerprint density at radius 1 is 0.395 bits per heavy atom. The molecular formula is C80H143N31O3. The Morgan fingerprint density at radius 3 is 1.19 bits per heavy atom. The van der Waals surface area contributed by atoms with E-state index >= 15 is 0 Å². The van der Waals surface area contributed by atoms with Gasteiger partial charge >= 0.3 is 12.1 Å². The average molecular weight is 1590 g/mol. The fraction of sp³-hybridized carbons (Fsp3) is 0.863. The van der Waals surface area contributed by atoms with Gasteiger partial charge in [0.05, 0.1) is 43.0 Å². The summed E-state index contributed by atoms with van der Waals surface area (Å²) in [5, 5.41) is 53.4. The highest BCUT2D eigenvalue weighted by atomic mass is 16.5. The molecule has 14 fully saturated rings. The van der Waals surface area contributed by atoms with E-state index in [0.717, 1.165) is 113 Å². The third-order valence-corrected chi connectivity index (χ3v) is 27.8. The van der Waals surface area contributed by atoms with Gasteiger partial charge in [0.2, 0.25) is 0 Å². The molecule has 0 aliphatic carbocycles. The first-order valence-electron chi connectivity index (χ1n) is 44.2. The number of amides is 4. The number of likely N-dealkylation sites (N-methyl/N-ethyl adjacent to an activating group) is 1. The molecule has 0 spiro atoms. The third kappa shape index (κ3) is 22.9. The van der Waals surface area contributed by atoms with Gasteiger partial charge in [-0.3, -0.25) is 29.6 Å². The molecule has 14 aliphatic rings. The standard InChI is InChI=1S/C13H22N4.C13H21N3O.2C12H22N6.C11H20N6.C10H19N3O.C9H17N3O/c1-16-9-5-11(6-10-16)17-8-2-3-13(17)12-4-7-14-15-12;1-15-8-4-11(5-9-15)16-7-2-3-13(16)12-6-10-17-14-12;1-16-8-5-10(6-9-16)18-7-3-4-11(18)12-13-14-15-17(12)2;1-16-8-5-10(6-9-16)18-7-3-4-11(18)12-13-15-17(2)14-12;1-16-7-4-9(5-8-16)17-6-2-3-10(17)11-12-14-15-13-11;1-11-5-3-9(4-6-11)13-8-7-12(2)10(13)14;1-11-5-2-8(3-6-11)12-7-4-10-9(12)13/h4,7,11,13H,2-3,5-6,8-10H2,1H3,(H,14,15);6,10-11,13H,2-5,7-9H2,1H3;2*10-11H,3-9H2,1-2H3;9-10H,2-8H2,1H3,(H,12,13,14,15);9H,3-8H2,1-2H3;8H,2-7H2,1H3,(H,10,13). The number of likely N-dealkylation sites (tertiary alicyclic amines) is 12. The van der Waals surface area contributed by atoms with Crippen LogP contribution in [-0.4, -0.2) is 411 Å². The molecule has 3 N–H and O–H groups in total. The summed E-state index contributed by atoms with van der Waals surface area (Å²) in [6.45, 7) is 26.3. The highest BCUT2D eigenvalue weighted by molar-refractivity contribution is 5.77. The summed E-state index contributed by atoms with van der Waals surface area (Å²) in [5.41, 5.74) is 2.43. The lowest BCUT2D eigenvalue weighted by Gasteiger charge is -2.37. The van der Waals surface area contributed by atoms with E-state index in [0.29, 0.717) is 60.4 Å². The molecule has 0 radical (unpaired) electrons. The minimum absolute atomic E-state index is 0.134. The number of H-pyrrole nitrogens is 2. The molecule has 5 aromatic heterocycles. The number of urea groups is 2. The normalized spacial score (nSPS) is 28.0. The Balaban J connectivity index is 0.000000116. The van der Waals surface area contributed by atoms with Crippen molar-refractivity contribution in [3.05, 3.63) is 53.5 Å². The van der Waals surface area contributed by atoms with Crippen LogP contribution in [0.5, 0.6) is 0 Å². The molecule has 636 valence electrons. The Hall–Kier alpha value is -6.31. The number of nitrogens with one attached hydrogen (secondary N) is 3. The smallest absolute Gasteiger partial charge is 0.320 e. The first kappa shape index (κ1) is 85.6. The van der Waals surface area contributed by atoms with Crippen LogP contribution in [-0.2, 0) is 14.1 Å². The Morgan fingerprint density at radius 2 is 0.816 bits per heavy atom. The molecule has 5 aromatic rings. The molecule has 0 aromatic carbocycles. The largest absolute Gasteiger partial charge is 0.364 e. The molecular weight excluding hydrogens is 1440 g/mol. The van der Waals surface area contributed by atoms with E-state index in [9.17, 15) is 9.59 Å². The van der Waals surface area contributed by atoms with Crippen molar-refractivity contribution < 1.29 is 14.1 Å². The van der Waals surface area contributed by atoms with E-state index in [-0.39, 0.29) is 12.1 Å². The van der Waals surface area contributed by atoms with Crippen molar-refractivity contribution in [3.63, 3.8) is 0 Å². The number of aryl methyl sites for hydroxylation is 2. The molecule has 0 bridgehead atoms. The summed E-state index contributed by atoms with van der Waals surface area (Å²) in [5.74, 6) is 2.82. The molecule has 5 atom stereocenters. The number of hydrogen-bond donors (Lipinski definition) is 3. The zero-order valence-electron chi connectivity index (χ0n) is 71.2. The highest BCUT2D eigenvalue weighted by Gasteiger charge is 2.41. The fourth-order valence-corrected chi connectivity index (χ4v) is 20.8. The molecule has 34 heteroatoms. The van der Waals surface area contributed by atoms with E-state index in [1.54, 1.807) is 11.1 Å². The summed E-state index contributed by atoms with van der Waals surface area (Å²) in [6, 6.07) is 11.4. The summed E-state index contributed by atoms with van der Waals surface area (Å²) in [7, 11) is 21.0. The van der Waals surface area contributed by atoms with Crippen LogP contribution in [0.1, 0.15) is 213 Å². The van der Waals surface area contributed by atoms with Crippen LogP contribution in [0.2, 0.25) is 0 Å². The predicted octanol–water partition coefficient (Wildman–Crippen LogP) is 5.41. The molecule has 5 unspecified atom stereocenters. The lowest BCUT2D eigenvalue weighted by molar-refractivity contribution is 0.105. The lowest BCUT2D eigenvalue weighted by Crippen LogP contribution is -2.45. The zero-order valence-corrected chi connectivity index (χ0v) is 71.2. The number of piperidine rings is 7. The van der Waals surface area contributed by atoms with Crippen LogP contribution in [0.3, 0.4) is 0 Å². The van der Waals surface area contributed by atoms with E-state index < -0.39 is 0 Å². The number of rotatable bonds is 12. The van der Waals surface area contributed by atoms with Crippen LogP contribution in [0.4, 0.5) is 9.59 Å². The van der Waals surface area contributed by atoms with Crippen LogP contribution >= 0.6 is 0 Å². The maximum Gasteiger partial charge on any atom is 0.320 e. The first-order chi connectivity index (χ1) is 55.5. The molecule has 19 heterocycles. The van der Waals surface area contributed by atoms with E-state index in [1.807, 2.05) is 52.8 Å². The van der Waals surface area contributed by atoms with Gasteiger partial charge in [0.25, 0.3) is 0 Å². The topological polar surface area (TPSA) is 291 Å². The van der Waals surface area contributed by atoms with E-state index in [4.69, 9.17) is 4.52 Å². The number of carbonyl (C=O) groups is 2. The Kier molecular flexibility index (Phi) is 31.8. The second kappa shape index (κ2) is 42.4. The quantitative estimate of drug-likeness (QED) is 0.141. The maximum atomic E-state index is 11.7. The first-order valence-corrected chi connectivity index (χ1v) is 44.2. The van der Waals surface area contributed by atoms with Crippen molar-refractivity contribution in [1.29, 1.82) is 0 Å². The van der Waals surface area contributed by atoms with E-state index in [2.05, 4.69) is 186 Å². The number of carbonyl (C=O) groups excluding carboxylic acids is 2. The van der Waals surface area contributed by atoms with Crippen molar-refractivity contribution in [1.82, 2.24) is 155 Å². The molecule has 114 heavy (non-hydrogen) atoms. The van der Waals surface area contributed by atoms with Crippen LogP contribution in [0, 0.1) is 0 Å². The predicted molar refractivity (Wildman–Crippen MR) is 439 cm³/mol. The van der Waals surface area contributed by atoms with Gasteiger partial charge in [0.15, 0.2) is 17.5 Å². The fourth-order valence-electron chi connectivity index (χ4n) is 20.8. The third-order valence-electron chi connectivity index (χ3n) is 27.8. The van der Waals surface area contributed by atoms with Crippen molar-refractivity contribution >= 4 is 12.1 Å². The summed E-state index contributed by atoms with van der Waals surface area (Å²) in [4.78, 5) is 60.5. The second-order valence-corrected chi connectivity index (χ2v) is 35.5. The van der Waals surface area contributed by atoms with Gasteiger partial charge in [-0.25, -0.2) is 14.3 Å². The zero-order chi connectivity index (χ0) is 79.5. The molecule has 14 saturated heterocycles. The van der Waals surface area contributed by atoms with Gasteiger partial charge in [-0.05, 0) is 349 Å². The van der Waals surface area contributed by atoms with Crippen molar-refractivity contribution in [3.8, 4) is 0 Å².